The molecule has 7 saturated heterocycles. The number of Topliss-reactive ketones (excluding diaryl/α,β-unsaturated/α-hetero) is 1. The summed E-state index contributed by atoms with van der Waals surface area (Å²) in [5.41, 5.74) is 8.69. The molecule has 4 saturated carbocycles. The van der Waals surface area contributed by atoms with Crippen molar-refractivity contribution in [2.45, 2.75) is 363 Å². The van der Waals surface area contributed by atoms with E-state index in [1.165, 1.54) is 11.9 Å². The van der Waals surface area contributed by atoms with Gasteiger partial charge in [-0.1, -0.05) is 213 Å². The van der Waals surface area contributed by atoms with E-state index in [0.29, 0.717) is 63.4 Å². The lowest BCUT2D eigenvalue weighted by Crippen LogP contribution is -2.73. The number of hydrogen-bond donors (Lipinski definition) is 2. The molecule has 23 heteroatoms. The van der Waals surface area contributed by atoms with Crippen molar-refractivity contribution in [3.63, 3.8) is 0 Å². The Morgan fingerprint density at radius 1 is 0.545 bits per heavy atom. The second-order valence-electron chi connectivity index (χ2n) is 42.0. The number of alkyl carbamates (subject to hydrolysis) is 1. The van der Waals surface area contributed by atoms with Gasteiger partial charge in [-0.2, -0.15) is 0 Å². The van der Waals surface area contributed by atoms with Gasteiger partial charge in [-0.05, 0) is 166 Å². The number of hydrogen-bond acceptors (Lipinski definition) is 22. The fraction of sp³-hybridized carbons (Fsp3) is 0.770. The van der Waals surface area contributed by atoms with E-state index in [9.17, 15) is 9.59 Å². The summed E-state index contributed by atoms with van der Waals surface area (Å²) in [6.07, 6.45) is -3.84. The lowest BCUT2D eigenvalue weighted by Gasteiger charge is -2.72. The van der Waals surface area contributed by atoms with Gasteiger partial charge in [0.25, 0.3) is 0 Å². The summed E-state index contributed by atoms with van der Waals surface area (Å²) >= 11 is 0. The number of allylic oxidation sites excluding steroid dienone is 1. The fourth-order valence-corrected chi connectivity index (χ4v) is 25.2. The Hall–Kier alpha value is -4.71. The molecule has 1 amide bonds. The average Bonchev–Trinajstić information content (AvgIpc) is 0.940. The first kappa shape index (κ1) is 93.0. The van der Waals surface area contributed by atoms with Gasteiger partial charge in [0.2, 0.25) is 6.29 Å². The van der Waals surface area contributed by atoms with Crippen LogP contribution in [0.4, 0.5) is 4.79 Å². The van der Waals surface area contributed by atoms with E-state index in [-0.39, 0.29) is 82.8 Å². The highest BCUT2D eigenvalue weighted by molar-refractivity contribution is 5.81. The van der Waals surface area contributed by atoms with E-state index in [1.54, 1.807) is 14.0 Å². The molecule has 23 nitrogen and oxygen atoms in total. The van der Waals surface area contributed by atoms with Gasteiger partial charge in [-0.25, -0.2) is 4.79 Å². The Morgan fingerprint density at radius 2 is 1.15 bits per heavy atom. The van der Waals surface area contributed by atoms with E-state index in [1.807, 2.05) is 113 Å². The molecule has 3 N–H and O–H groups in total. The Morgan fingerprint density at radius 3 is 1.81 bits per heavy atom. The molecular weight excluding hydrogens is 1570 g/mol. The van der Waals surface area contributed by atoms with Crippen LogP contribution in [-0.2, 0) is 115 Å². The van der Waals surface area contributed by atoms with Crippen LogP contribution in [0.3, 0.4) is 0 Å². The number of nitrogens with one attached hydrogen (secondary N) is 1. The van der Waals surface area contributed by atoms with Gasteiger partial charge in [-0.3, -0.25) is 4.79 Å². The van der Waals surface area contributed by atoms with E-state index >= 15 is 4.79 Å². The van der Waals surface area contributed by atoms with Gasteiger partial charge in [0, 0.05) is 48.7 Å². The lowest BCUT2D eigenvalue weighted by molar-refractivity contribution is -0.374. The Labute approximate surface area is 732 Å². The number of methoxy groups -OCH3 is 1. The first-order valence-corrected chi connectivity index (χ1v) is 46.8. The zero-order valence-corrected chi connectivity index (χ0v) is 77.3. The largest absolute Gasteiger partial charge is 0.417 e. The molecule has 7 heterocycles. The van der Waals surface area contributed by atoms with Crippen LogP contribution in [0, 0.1) is 98.1 Å². The molecule has 0 aromatic heterocycles. The second kappa shape index (κ2) is 37.3. The van der Waals surface area contributed by atoms with Crippen LogP contribution in [0.25, 0.3) is 0 Å². The monoisotopic (exact) mass is 1710 g/mol. The van der Waals surface area contributed by atoms with Crippen LogP contribution in [0.1, 0.15) is 219 Å². The summed E-state index contributed by atoms with van der Waals surface area (Å²) in [6, 6.07) is 29.5. The average molecular weight is 1710 g/mol. The van der Waals surface area contributed by atoms with Crippen molar-refractivity contribution < 1.29 is 99.6 Å². The predicted octanol–water partition coefficient (Wildman–Crippen LogP) is 16.6. The Kier molecular flexibility index (Phi) is 28.2. The number of rotatable bonds is 26. The van der Waals surface area contributed by atoms with Crippen LogP contribution >= 0.6 is 0 Å². The molecule has 7 aliphatic heterocycles. The maximum atomic E-state index is 15.9. The summed E-state index contributed by atoms with van der Waals surface area (Å²) in [7, 11) is 1.79. The summed E-state index contributed by atoms with van der Waals surface area (Å²) < 4.78 is 125. The minimum atomic E-state index is -1.32. The third-order valence-corrected chi connectivity index (χ3v) is 33.6. The normalized spacial score (nSPS) is 46.3. The van der Waals surface area contributed by atoms with Gasteiger partial charge in [-0.15, -0.1) is 0 Å². The van der Waals surface area contributed by atoms with Crippen LogP contribution < -0.4 is 11.1 Å². The van der Waals surface area contributed by atoms with Crippen molar-refractivity contribution >= 4 is 18.2 Å². The minimum Gasteiger partial charge on any atom is -0.417 e. The summed E-state index contributed by atoms with van der Waals surface area (Å²) in [5.74, 6) is -1.25. The predicted molar refractivity (Wildman–Crippen MR) is 461 cm³/mol. The van der Waals surface area contributed by atoms with Gasteiger partial charge in [0.15, 0.2) is 43.0 Å². The highest BCUT2D eigenvalue weighted by atomic mass is 16.8. The number of aldehydes is 1. The second-order valence-corrected chi connectivity index (χ2v) is 42.0. The van der Waals surface area contributed by atoms with Gasteiger partial charge in [0.1, 0.15) is 55.1 Å². The van der Waals surface area contributed by atoms with Gasteiger partial charge >= 0.3 is 6.09 Å². The SMILES string of the molecule is CCC1O[C@@H](OC2[C@H](O[C@H]3CCC4(C)C5CC=C6C7CC(C)(C)CC[C@]7(NC(=O)O[C@@H]7OC(COCc8ccccc8)[C@H](N)C(C)C7O[C@@H]7OC(C)[C@H](O[C@@H]8OC[C@@H](OCc9ccccc9)C(OCc9ccccc9)C8C)C8OC(C)(C)OC87)C(OC)C[C@@]6(C)[C@@]5(C)CC[C@H]4[C@@]3(C)C=O)OC(C(C)=O)[C@@H](C)[C@@H]2O[C@@H]2OC[C@@H](C)[C@H](C)C2C)C(C)[C@@H](C)[C@H]1C. The molecule has 684 valence electrons. The topological polar surface area (TPSA) is 255 Å². The summed E-state index contributed by atoms with van der Waals surface area (Å²) in [5, 5.41) is 3.65. The van der Waals surface area contributed by atoms with E-state index in [4.69, 9.17) is 91.0 Å². The fourth-order valence-electron chi connectivity index (χ4n) is 25.2. The molecule has 3 aromatic rings. The number of fused-ring (bicyclic) bond motifs is 8. The molecule has 0 bridgehead atoms. The van der Waals surface area contributed by atoms with Crippen molar-refractivity contribution in [1.29, 1.82) is 0 Å². The molecule has 5 aliphatic carbocycles. The molecule has 123 heavy (non-hydrogen) atoms. The van der Waals surface area contributed by atoms with E-state index < -0.39 is 163 Å². The molecule has 0 spiro atoms. The number of ether oxygens (including phenoxy) is 18. The molecule has 15 rings (SSSR count). The zero-order valence-electron chi connectivity index (χ0n) is 77.3. The summed E-state index contributed by atoms with van der Waals surface area (Å²) in [6.45, 7) is 45.1. The molecule has 17 unspecified atom stereocenters. The number of ketones is 1. The maximum Gasteiger partial charge on any atom is 0.410 e. The van der Waals surface area contributed by atoms with Crippen LogP contribution in [0.15, 0.2) is 103 Å². The Balaban J connectivity index is 0.683. The zero-order chi connectivity index (χ0) is 87.8. The third kappa shape index (κ3) is 18.0. The van der Waals surface area contributed by atoms with E-state index in [0.717, 1.165) is 61.6 Å². The number of amides is 1. The molecule has 12 aliphatic rings. The summed E-state index contributed by atoms with van der Waals surface area (Å²) in [4.78, 5) is 44.7. The van der Waals surface area contributed by atoms with Crippen molar-refractivity contribution in [3.05, 3.63) is 119 Å². The highest BCUT2D eigenvalue weighted by Crippen LogP contribution is 2.75. The maximum absolute atomic E-state index is 15.9. The first-order chi connectivity index (χ1) is 58.5. The van der Waals surface area contributed by atoms with Gasteiger partial charge in [0.05, 0.1) is 87.2 Å². The van der Waals surface area contributed by atoms with Crippen LogP contribution in [-0.4, -0.2) is 186 Å². The lowest BCUT2D eigenvalue weighted by atomic mass is 9.34. The number of carbonyl (C=O) groups excluding carboxylic acids is 3. The van der Waals surface area contributed by atoms with Crippen LogP contribution in [0.2, 0.25) is 0 Å². The molecule has 38 atom stereocenters. The Bertz CT molecular complexity index is 4070. The third-order valence-electron chi connectivity index (χ3n) is 33.6. The highest BCUT2D eigenvalue weighted by Gasteiger charge is 2.72. The minimum absolute atomic E-state index is 0.0148. The number of carbonyl (C=O) groups is 3. The smallest absolute Gasteiger partial charge is 0.410 e. The molecule has 3 aromatic carbocycles. The first-order valence-electron chi connectivity index (χ1n) is 46.8. The van der Waals surface area contributed by atoms with Crippen LogP contribution in [0.5, 0.6) is 0 Å². The van der Waals surface area contributed by atoms with E-state index in [2.05, 4.69) is 120 Å². The standard InChI is InChI=1S/C100H148N2O21/c1-22-71-58(5)57(4)60(7)89(113-71)120-85-81(117-87-59(6)56(3)55(2)48-110-87)62(9)79(64(11)104)116-91(85)115-76-41-42-96(17)74(97(76,18)54-103)40-43-98(19)75(96)39-38-69-70-46-94(13,14)44-45-100(70,77(106-21)47-99(69,98)20)102-93(105)121-90-82(61(8)78(101)72(114-90)52-107-49-66-32-26-23-27-33-66)118-92-86-84(122-95(15,16)123-86)83(65(12)112-92)119-88-63(10)80(109-51-68-36-30-25-31-37-68)73(53-111-88)108-50-67-34-28-24-29-35-67/h23-38,54-63,65,70-92H,22,39-53,101H2,1-21H3,(H,102,105)/t55-,56+,57+,58-,59?,60?,61?,62-,63?,65?,70?,71?,72?,73-,74-,75?,76+,77?,78-,79?,80?,81+,82?,83+,84?,85?,86?,87+,88+,89+,90+,91-,92+,96?,97-,98+,99-,100-/m1/s1. The van der Waals surface area contributed by atoms with Crippen molar-refractivity contribution in [3.8, 4) is 0 Å². The van der Waals surface area contributed by atoms with Crippen molar-refractivity contribution in [2.24, 2.45) is 104 Å². The van der Waals surface area contributed by atoms with Crippen molar-refractivity contribution in [1.82, 2.24) is 5.32 Å². The quantitative estimate of drug-likeness (QED) is 0.0430. The number of benzene rings is 3. The number of nitrogens with two attached hydrogens (primary N) is 1. The van der Waals surface area contributed by atoms with Gasteiger partial charge < -0.3 is 101 Å². The van der Waals surface area contributed by atoms with Crippen molar-refractivity contribution in [2.75, 3.05) is 26.9 Å². The molecule has 11 fully saturated rings. The molecular formula is C100H148N2O21. The molecule has 0 radical (unpaired) electrons.